The molecule has 158 valence electrons. The molecule has 0 bridgehead atoms. The van der Waals surface area contributed by atoms with E-state index in [-0.39, 0.29) is 5.82 Å². The molecule has 0 aliphatic carbocycles. The lowest BCUT2D eigenvalue weighted by atomic mass is 10.0. The van der Waals surface area contributed by atoms with Crippen LogP contribution >= 0.6 is 0 Å². The second kappa shape index (κ2) is 7.69. The molecule has 1 aromatic carbocycles. The Morgan fingerprint density at radius 2 is 1.94 bits per heavy atom. The van der Waals surface area contributed by atoms with Crippen molar-refractivity contribution in [1.82, 2.24) is 24.3 Å². The molecule has 9 heteroatoms. The van der Waals surface area contributed by atoms with Crippen molar-refractivity contribution < 1.29 is 9.18 Å². The maximum atomic E-state index is 13.4. The van der Waals surface area contributed by atoms with Crippen molar-refractivity contribution in [3.05, 3.63) is 94.7 Å². The predicted octanol–water partition coefficient (Wildman–Crippen LogP) is 3.19. The second-order valence-corrected chi connectivity index (χ2v) is 7.15. The molecule has 4 heterocycles. The highest BCUT2D eigenvalue weighted by atomic mass is 19.1. The van der Waals surface area contributed by atoms with E-state index in [1.807, 2.05) is 6.92 Å². The third-order valence-electron chi connectivity index (χ3n) is 5.20. The van der Waals surface area contributed by atoms with Crippen LogP contribution in [0, 0.1) is 5.82 Å². The zero-order valence-electron chi connectivity index (χ0n) is 17.0. The van der Waals surface area contributed by atoms with Crippen LogP contribution in [0.25, 0.3) is 27.7 Å². The predicted molar refractivity (Wildman–Crippen MR) is 117 cm³/mol. The number of halogens is 1. The van der Waals surface area contributed by atoms with Crippen molar-refractivity contribution in [1.29, 1.82) is 0 Å². The SMILES string of the molecule is CCc1nn2c(ncc3c(=O)n(NC(=O)c4cccnc4)ccc32)c1-c1ccc(F)cc1. The Bertz CT molecular complexity index is 1520. The number of benzene rings is 1. The number of hydrogen-bond acceptors (Lipinski definition) is 5. The highest BCUT2D eigenvalue weighted by Gasteiger charge is 2.18. The van der Waals surface area contributed by atoms with Gasteiger partial charge in [-0.15, -0.1) is 0 Å². The summed E-state index contributed by atoms with van der Waals surface area (Å²) in [7, 11) is 0. The maximum absolute atomic E-state index is 13.4. The average Bonchev–Trinajstić information content (AvgIpc) is 3.21. The van der Waals surface area contributed by atoms with Crippen molar-refractivity contribution in [3.63, 3.8) is 0 Å². The van der Waals surface area contributed by atoms with Crippen molar-refractivity contribution in [3.8, 4) is 11.1 Å². The number of rotatable bonds is 4. The van der Waals surface area contributed by atoms with Gasteiger partial charge in [0.15, 0.2) is 5.65 Å². The Kier molecular flexibility index (Phi) is 4.70. The molecule has 0 aliphatic heterocycles. The first kappa shape index (κ1) is 19.6. The van der Waals surface area contributed by atoms with E-state index in [0.717, 1.165) is 21.5 Å². The summed E-state index contributed by atoms with van der Waals surface area (Å²) in [5.41, 5.74) is 5.94. The van der Waals surface area contributed by atoms with E-state index >= 15 is 0 Å². The van der Waals surface area contributed by atoms with Crippen molar-refractivity contribution >= 4 is 22.5 Å². The van der Waals surface area contributed by atoms with E-state index in [9.17, 15) is 14.0 Å². The molecular weight excluding hydrogens is 411 g/mol. The van der Waals surface area contributed by atoms with E-state index < -0.39 is 11.5 Å². The number of nitrogens with one attached hydrogen (secondary N) is 1. The van der Waals surface area contributed by atoms with Gasteiger partial charge in [-0.3, -0.25) is 20.0 Å². The first-order chi connectivity index (χ1) is 15.6. The highest BCUT2D eigenvalue weighted by Crippen LogP contribution is 2.29. The molecule has 5 rings (SSSR count). The minimum Gasteiger partial charge on any atom is -0.267 e. The van der Waals surface area contributed by atoms with Gasteiger partial charge >= 0.3 is 0 Å². The fourth-order valence-corrected chi connectivity index (χ4v) is 3.63. The van der Waals surface area contributed by atoms with E-state index in [0.29, 0.717) is 28.5 Å². The number of amides is 1. The van der Waals surface area contributed by atoms with Crippen molar-refractivity contribution in [2.45, 2.75) is 13.3 Å². The van der Waals surface area contributed by atoms with Crippen LogP contribution < -0.4 is 11.0 Å². The Labute approximate surface area is 181 Å². The molecule has 4 aromatic heterocycles. The molecule has 8 nitrogen and oxygen atoms in total. The lowest BCUT2D eigenvalue weighted by molar-refractivity contribution is 0.101. The molecule has 0 unspecified atom stereocenters. The van der Waals surface area contributed by atoms with Gasteiger partial charge in [-0.05, 0) is 42.3 Å². The summed E-state index contributed by atoms with van der Waals surface area (Å²) >= 11 is 0. The number of pyridine rings is 2. The molecule has 0 fully saturated rings. The van der Waals surface area contributed by atoms with Crippen LogP contribution in [0.1, 0.15) is 23.0 Å². The zero-order valence-corrected chi connectivity index (χ0v) is 17.0. The number of hydrogen-bond donors (Lipinski definition) is 1. The topological polar surface area (TPSA) is 94.2 Å². The van der Waals surface area contributed by atoms with E-state index in [2.05, 4.69) is 20.5 Å². The Morgan fingerprint density at radius 3 is 2.66 bits per heavy atom. The normalized spacial score (nSPS) is 11.2. The van der Waals surface area contributed by atoms with Crippen LogP contribution in [0.2, 0.25) is 0 Å². The van der Waals surface area contributed by atoms with Gasteiger partial charge in [0.2, 0.25) is 0 Å². The summed E-state index contributed by atoms with van der Waals surface area (Å²) in [6.45, 7) is 1.97. The molecule has 1 N–H and O–H groups in total. The molecule has 0 saturated heterocycles. The first-order valence-corrected chi connectivity index (χ1v) is 9.96. The van der Waals surface area contributed by atoms with Gasteiger partial charge in [0.1, 0.15) is 5.82 Å². The maximum Gasteiger partial charge on any atom is 0.280 e. The number of carbonyl (C=O) groups is 1. The van der Waals surface area contributed by atoms with Gasteiger partial charge in [-0.25, -0.2) is 18.6 Å². The molecular formula is C23H17FN6O2. The van der Waals surface area contributed by atoms with Gasteiger partial charge < -0.3 is 0 Å². The van der Waals surface area contributed by atoms with Gasteiger partial charge in [0.25, 0.3) is 11.5 Å². The van der Waals surface area contributed by atoms with Gasteiger partial charge in [0.05, 0.1) is 22.2 Å². The minimum absolute atomic E-state index is 0.294. The monoisotopic (exact) mass is 428 g/mol. The summed E-state index contributed by atoms with van der Waals surface area (Å²) in [6, 6.07) is 11.1. The van der Waals surface area contributed by atoms with Crippen LogP contribution in [-0.2, 0) is 6.42 Å². The summed E-state index contributed by atoms with van der Waals surface area (Å²) < 4.78 is 16.1. The van der Waals surface area contributed by atoms with Crippen LogP contribution in [-0.4, -0.2) is 30.2 Å². The number of carbonyl (C=O) groups excluding carboxylic acids is 1. The number of fused-ring (bicyclic) bond motifs is 3. The molecule has 0 saturated carbocycles. The molecule has 1 amide bonds. The van der Waals surface area contributed by atoms with E-state index in [4.69, 9.17) is 0 Å². The third kappa shape index (κ3) is 3.20. The van der Waals surface area contributed by atoms with Gasteiger partial charge in [-0.2, -0.15) is 5.10 Å². The minimum atomic E-state index is -0.459. The van der Waals surface area contributed by atoms with Crippen LogP contribution in [0.15, 0.2) is 72.0 Å². The molecule has 0 spiro atoms. The quantitative estimate of drug-likeness (QED) is 0.475. The highest BCUT2D eigenvalue weighted by molar-refractivity contribution is 5.99. The zero-order chi connectivity index (χ0) is 22.2. The first-order valence-electron chi connectivity index (χ1n) is 9.96. The number of aryl methyl sites for hydroxylation is 1. The summed E-state index contributed by atoms with van der Waals surface area (Å²) in [4.78, 5) is 33.8. The molecule has 0 radical (unpaired) electrons. The fraction of sp³-hybridized carbons (Fsp3) is 0.0870. The Balaban J connectivity index is 1.63. The van der Waals surface area contributed by atoms with Gasteiger partial charge in [0, 0.05) is 30.4 Å². The van der Waals surface area contributed by atoms with Crippen LogP contribution in [0.5, 0.6) is 0 Å². The number of nitrogens with zero attached hydrogens (tertiary/aromatic N) is 5. The Morgan fingerprint density at radius 1 is 1.12 bits per heavy atom. The molecule has 0 atom stereocenters. The third-order valence-corrected chi connectivity index (χ3v) is 5.20. The van der Waals surface area contributed by atoms with Gasteiger partial charge in [-0.1, -0.05) is 19.1 Å². The summed E-state index contributed by atoms with van der Waals surface area (Å²) in [6.07, 6.45) is 6.55. The smallest absolute Gasteiger partial charge is 0.267 e. The lowest BCUT2D eigenvalue weighted by Crippen LogP contribution is -2.33. The second-order valence-electron chi connectivity index (χ2n) is 7.15. The van der Waals surface area contributed by atoms with E-state index in [1.54, 1.807) is 41.0 Å². The largest absolute Gasteiger partial charge is 0.280 e. The molecule has 0 aliphatic rings. The van der Waals surface area contributed by atoms with Crippen LogP contribution in [0.4, 0.5) is 4.39 Å². The van der Waals surface area contributed by atoms with E-state index in [1.165, 1.54) is 30.7 Å². The van der Waals surface area contributed by atoms with Crippen molar-refractivity contribution in [2.75, 3.05) is 5.43 Å². The van der Waals surface area contributed by atoms with Crippen molar-refractivity contribution in [2.24, 2.45) is 0 Å². The fourth-order valence-electron chi connectivity index (χ4n) is 3.63. The lowest BCUT2D eigenvalue weighted by Gasteiger charge is -2.09. The number of aromatic nitrogens is 5. The molecule has 32 heavy (non-hydrogen) atoms. The van der Waals surface area contributed by atoms with Crippen LogP contribution in [0.3, 0.4) is 0 Å². The standard InChI is InChI=1S/C23H17FN6O2/c1-2-18-20(14-5-7-16(24)8-6-14)21-26-13-17-19(30(21)27-18)9-11-29(23(17)32)28-22(31)15-4-3-10-25-12-15/h3-13H,2H2,1H3,(H,28,31). The Hall–Kier alpha value is -4.40. The average molecular weight is 428 g/mol. The summed E-state index contributed by atoms with van der Waals surface area (Å²) in [5.74, 6) is -0.782. The summed E-state index contributed by atoms with van der Waals surface area (Å²) in [5, 5.41) is 4.95. The molecule has 5 aromatic rings.